The summed E-state index contributed by atoms with van der Waals surface area (Å²) in [5.41, 5.74) is 1.01. The Bertz CT molecular complexity index is 619. The van der Waals surface area contributed by atoms with Gasteiger partial charge < -0.3 is 9.47 Å². The minimum atomic E-state index is -0.512. The minimum Gasteiger partial charge on any atom is -0.502 e. The fraction of sp³-hybridized carbons (Fsp3) is 0.167. The van der Waals surface area contributed by atoms with Gasteiger partial charge in [0.25, 0.3) is 0 Å². The third-order valence-corrected chi connectivity index (χ3v) is 2.88. The maximum absolute atomic E-state index is 11.7. The largest absolute Gasteiger partial charge is 0.502 e. The number of ether oxygens (including phenoxy) is 2. The van der Waals surface area contributed by atoms with E-state index in [1.165, 1.54) is 25.2 Å². The minimum absolute atomic E-state index is 0.216. The number of hydrogen-bond acceptors (Lipinski definition) is 4. The van der Waals surface area contributed by atoms with Crippen molar-refractivity contribution < 1.29 is 14.3 Å². The lowest BCUT2D eigenvalue weighted by Crippen LogP contribution is -2.12. The molecule has 2 rings (SSSR count). The number of nitrogens with zero attached hydrogens (tertiary/aromatic N) is 2. The van der Waals surface area contributed by atoms with Crippen LogP contribution in [0.2, 0.25) is 0 Å². The highest BCUT2D eigenvalue weighted by atomic mass is 79.9. The maximum Gasteiger partial charge on any atom is 0.359 e. The number of rotatable bonds is 3. The summed E-state index contributed by atoms with van der Waals surface area (Å²) in [7, 11) is 2.78. The molecule has 0 atom stereocenters. The van der Waals surface area contributed by atoms with Crippen LogP contribution in [0.15, 0.2) is 35.1 Å². The summed E-state index contributed by atoms with van der Waals surface area (Å²) in [6.07, 6.45) is 2.98. The Labute approximate surface area is 112 Å². The van der Waals surface area contributed by atoms with Gasteiger partial charge in [-0.3, -0.25) is 0 Å². The fourth-order valence-corrected chi connectivity index (χ4v) is 1.93. The summed E-state index contributed by atoms with van der Waals surface area (Å²) in [6, 6.07) is 5.69. The second-order valence-corrected chi connectivity index (χ2v) is 4.41. The number of carbonyl (C=O) groups is 1. The number of halogens is 1. The number of aromatic nitrogens is 2. The second-order valence-electron chi connectivity index (χ2n) is 3.49. The van der Waals surface area contributed by atoms with E-state index in [9.17, 15) is 4.79 Å². The summed E-state index contributed by atoms with van der Waals surface area (Å²) < 4.78 is 12.0. The number of benzene rings is 1. The van der Waals surface area contributed by atoms with E-state index in [0.29, 0.717) is 0 Å². The topological polar surface area (TPSA) is 53.4 Å². The molecule has 0 saturated heterocycles. The summed E-state index contributed by atoms with van der Waals surface area (Å²) in [4.78, 5) is 11.7. The van der Waals surface area contributed by atoms with Crippen LogP contribution in [0.1, 0.15) is 0 Å². The van der Waals surface area contributed by atoms with Crippen molar-refractivity contribution in [2.24, 2.45) is 0 Å². The van der Waals surface area contributed by atoms with Crippen LogP contribution < -0.4 is 0 Å². The lowest BCUT2D eigenvalue weighted by atomic mass is 10.2. The molecule has 0 aliphatic heterocycles. The van der Waals surface area contributed by atoms with Crippen molar-refractivity contribution in [3.63, 3.8) is 0 Å². The van der Waals surface area contributed by atoms with Gasteiger partial charge >= 0.3 is 5.97 Å². The van der Waals surface area contributed by atoms with E-state index in [-0.39, 0.29) is 5.70 Å². The Hall–Kier alpha value is -1.82. The van der Waals surface area contributed by atoms with Gasteiger partial charge in [0.05, 0.1) is 25.9 Å². The van der Waals surface area contributed by atoms with Crippen LogP contribution >= 0.6 is 15.9 Å². The van der Waals surface area contributed by atoms with E-state index in [4.69, 9.17) is 9.47 Å². The molecule has 0 fully saturated rings. The van der Waals surface area contributed by atoms with Crippen LogP contribution in [-0.2, 0) is 14.3 Å². The Balaban J connectivity index is 2.61. The molecule has 0 N–H and O–H groups in total. The van der Waals surface area contributed by atoms with E-state index >= 15 is 0 Å². The number of fused-ring (bicyclic) bond motifs is 1. The monoisotopic (exact) mass is 310 g/mol. The lowest BCUT2D eigenvalue weighted by molar-refractivity contribution is -0.134. The van der Waals surface area contributed by atoms with E-state index in [1.54, 1.807) is 6.20 Å². The number of esters is 1. The van der Waals surface area contributed by atoms with Gasteiger partial charge in [0.15, 0.2) is 5.70 Å². The molecule has 0 bridgehead atoms. The summed E-state index contributed by atoms with van der Waals surface area (Å²) >= 11 is 3.39. The molecular weight excluding hydrogens is 300 g/mol. The van der Waals surface area contributed by atoms with Gasteiger partial charge in [-0.15, -0.1) is 0 Å². The Morgan fingerprint density at radius 2 is 2.22 bits per heavy atom. The number of hydrogen-bond donors (Lipinski definition) is 0. The molecule has 0 saturated carbocycles. The highest BCUT2D eigenvalue weighted by Crippen LogP contribution is 2.22. The van der Waals surface area contributed by atoms with E-state index in [1.807, 2.05) is 18.2 Å². The predicted molar refractivity (Wildman–Crippen MR) is 70.7 cm³/mol. The molecular formula is C12H11BrN2O3. The molecule has 2 aromatic rings. The molecule has 5 nitrogen and oxygen atoms in total. The average molecular weight is 311 g/mol. The third-order valence-electron chi connectivity index (χ3n) is 2.39. The van der Waals surface area contributed by atoms with Crippen LogP contribution in [0.4, 0.5) is 0 Å². The van der Waals surface area contributed by atoms with Gasteiger partial charge in [-0.2, -0.15) is 5.10 Å². The van der Waals surface area contributed by atoms with Crippen molar-refractivity contribution in [3.8, 4) is 0 Å². The van der Waals surface area contributed by atoms with E-state index < -0.39 is 5.97 Å². The first-order chi connectivity index (χ1) is 8.67. The zero-order chi connectivity index (χ0) is 13.1. The van der Waals surface area contributed by atoms with Gasteiger partial charge in [0.1, 0.15) is 6.26 Å². The lowest BCUT2D eigenvalue weighted by Gasteiger charge is -2.06. The molecule has 0 radical (unpaired) electrons. The van der Waals surface area contributed by atoms with Crippen molar-refractivity contribution in [2.75, 3.05) is 14.2 Å². The van der Waals surface area contributed by atoms with Gasteiger partial charge in [0, 0.05) is 9.86 Å². The molecule has 1 aromatic carbocycles. The molecule has 94 valence electrons. The quantitative estimate of drug-likeness (QED) is 0.496. The molecule has 1 heterocycles. The van der Waals surface area contributed by atoms with E-state index in [0.717, 1.165) is 15.4 Å². The fourth-order valence-electron chi connectivity index (χ4n) is 1.58. The SMILES string of the molecule is CO/C=C(/C(=O)OC)n1ncc2ccc(Br)cc21. The van der Waals surface area contributed by atoms with Crippen molar-refractivity contribution in [3.05, 3.63) is 35.1 Å². The zero-order valence-corrected chi connectivity index (χ0v) is 11.5. The summed E-state index contributed by atoms with van der Waals surface area (Å²) in [5.74, 6) is -0.512. The maximum atomic E-state index is 11.7. The molecule has 18 heavy (non-hydrogen) atoms. The molecule has 1 aromatic heterocycles. The standard InChI is InChI=1S/C12H11BrN2O3/c1-17-7-11(12(16)18-2)15-10-5-9(13)4-3-8(10)6-14-15/h3-7H,1-2H3/b11-7-. The van der Waals surface area contributed by atoms with Crippen molar-refractivity contribution in [2.45, 2.75) is 0 Å². The smallest absolute Gasteiger partial charge is 0.359 e. The second kappa shape index (κ2) is 5.22. The van der Waals surface area contributed by atoms with Crippen molar-refractivity contribution in [1.29, 1.82) is 0 Å². The van der Waals surface area contributed by atoms with E-state index in [2.05, 4.69) is 21.0 Å². The molecule has 0 aliphatic carbocycles. The normalized spacial score (nSPS) is 11.6. The van der Waals surface area contributed by atoms with Crippen LogP contribution in [0.5, 0.6) is 0 Å². The number of methoxy groups -OCH3 is 2. The van der Waals surface area contributed by atoms with Crippen LogP contribution in [0.25, 0.3) is 16.6 Å². The van der Waals surface area contributed by atoms with Crippen LogP contribution in [0, 0.1) is 0 Å². The predicted octanol–water partition coefficient (Wildman–Crippen LogP) is 2.42. The first kappa shape index (κ1) is 12.6. The Morgan fingerprint density at radius 1 is 1.44 bits per heavy atom. The highest BCUT2D eigenvalue weighted by Gasteiger charge is 2.16. The third kappa shape index (κ3) is 2.24. The summed E-state index contributed by atoms with van der Waals surface area (Å²) in [6.45, 7) is 0. The number of carbonyl (C=O) groups excluding carboxylic acids is 1. The van der Waals surface area contributed by atoms with Gasteiger partial charge in [-0.1, -0.05) is 22.0 Å². The molecule has 6 heteroatoms. The highest BCUT2D eigenvalue weighted by molar-refractivity contribution is 9.10. The summed E-state index contributed by atoms with van der Waals surface area (Å²) in [5, 5.41) is 5.09. The first-order valence-electron chi connectivity index (χ1n) is 5.12. The van der Waals surface area contributed by atoms with Gasteiger partial charge in [-0.25, -0.2) is 9.48 Å². The molecule has 0 aliphatic rings. The van der Waals surface area contributed by atoms with Crippen molar-refractivity contribution >= 4 is 38.5 Å². The first-order valence-corrected chi connectivity index (χ1v) is 5.91. The average Bonchev–Trinajstić information content (AvgIpc) is 2.78. The van der Waals surface area contributed by atoms with Crippen LogP contribution in [0.3, 0.4) is 0 Å². The van der Waals surface area contributed by atoms with Crippen molar-refractivity contribution in [1.82, 2.24) is 9.78 Å². The molecule has 0 unspecified atom stereocenters. The Kier molecular flexibility index (Phi) is 3.66. The van der Waals surface area contributed by atoms with Gasteiger partial charge in [0.2, 0.25) is 0 Å². The van der Waals surface area contributed by atoms with Gasteiger partial charge in [-0.05, 0) is 12.1 Å². The zero-order valence-electron chi connectivity index (χ0n) is 9.88. The van der Waals surface area contributed by atoms with Crippen LogP contribution in [-0.4, -0.2) is 30.0 Å². The molecule has 0 spiro atoms. The molecule has 0 amide bonds. The Morgan fingerprint density at radius 3 is 2.89 bits per heavy atom.